The van der Waals surface area contributed by atoms with Crippen molar-refractivity contribution in [2.45, 2.75) is 13.0 Å². The second-order valence-electron chi connectivity index (χ2n) is 8.27. The van der Waals surface area contributed by atoms with Crippen LogP contribution in [0, 0.1) is 0 Å². The van der Waals surface area contributed by atoms with Crippen molar-refractivity contribution < 1.29 is 19.0 Å². The van der Waals surface area contributed by atoms with E-state index in [1.54, 1.807) is 17.9 Å². The molecule has 10 heteroatoms. The van der Waals surface area contributed by atoms with E-state index in [1.165, 1.54) is 13.3 Å². The highest BCUT2D eigenvalue weighted by Crippen LogP contribution is 2.39. The van der Waals surface area contributed by atoms with Crippen molar-refractivity contribution in [3.8, 4) is 17.0 Å². The van der Waals surface area contributed by atoms with Gasteiger partial charge in [-0.05, 0) is 42.3 Å². The molecular weight excluding hydrogens is 460 g/mol. The number of carbonyl (C=O) groups is 1. The molecular formula is C26H26N6O4. The Bertz CT molecular complexity index is 1420. The summed E-state index contributed by atoms with van der Waals surface area (Å²) in [6.07, 6.45) is 4.00. The summed E-state index contributed by atoms with van der Waals surface area (Å²) in [5, 5.41) is 11.2. The number of pyridine rings is 2. The van der Waals surface area contributed by atoms with Gasteiger partial charge < -0.3 is 24.8 Å². The summed E-state index contributed by atoms with van der Waals surface area (Å²) in [5.41, 5.74) is 4.86. The van der Waals surface area contributed by atoms with Crippen LogP contribution in [0.4, 0.5) is 23.0 Å². The van der Waals surface area contributed by atoms with Crippen LogP contribution in [0.15, 0.2) is 54.9 Å². The van der Waals surface area contributed by atoms with E-state index in [2.05, 4.69) is 25.7 Å². The van der Waals surface area contributed by atoms with E-state index in [4.69, 9.17) is 14.2 Å². The highest BCUT2D eigenvalue weighted by Gasteiger charge is 2.20. The van der Waals surface area contributed by atoms with Gasteiger partial charge in [-0.2, -0.15) is 5.10 Å². The lowest BCUT2D eigenvalue weighted by Crippen LogP contribution is -2.09. The number of fused-ring (bicyclic) bond motifs is 6. The molecule has 3 aromatic heterocycles. The monoisotopic (exact) mass is 486 g/mol. The molecule has 184 valence electrons. The Labute approximate surface area is 208 Å². The number of nitrogens with one attached hydrogen (secondary N) is 2. The summed E-state index contributed by atoms with van der Waals surface area (Å²) < 4.78 is 18.5. The molecule has 0 fully saturated rings. The summed E-state index contributed by atoms with van der Waals surface area (Å²) in [6.45, 7) is 0.874. The number of methoxy groups -OCH3 is 2. The van der Waals surface area contributed by atoms with Crippen LogP contribution in [0.25, 0.3) is 11.3 Å². The first-order valence-corrected chi connectivity index (χ1v) is 11.4. The number of carbonyl (C=O) groups excluding carboxylic acids is 1. The van der Waals surface area contributed by atoms with Gasteiger partial charge in [-0.1, -0.05) is 6.07 Å². The summed E-state index contributed by atoms with van der Waals surface area (Å²) in [4.78, 5) is 21.6. The van der Waals surface area contributed by atoms with Gasteiger partial charge in [0.2, 0.25) is 0 Å². The van der Waals surface area contributed by atoms with Crippen LogP contribution in [0.1, 0.15) is 21.6 Å². The van der Waals surface area contributed by atoms with Crippen LogP contribution in [0.5, 0.6) is 5.75 Å². The molecule has 4 aromatic rings. The molecule has 1 aromatic carbocycles. The van der Waals surface area contributed by atoms with Gasteiger partial charge in [-0.15, -0.1) is 0 Å². The van der Waals surface area contributed by atoms with Crippen molar-refractivity contribution >= 4 is 29.0 Å². The molecule has 5 rings (SSSR count). The Hall–Kier alpha value is -4.44. The van der Waals surface area contributed by atoms with Gasteiger partial charge in [0.1, 0.15) is 17.2 Å². The number of hydrogen-bond donors (Lipinski definition) is 2. The van der Waals surface area contributed by atoms with E-state index in [0.717, 1.165) is 22.5 Å². The van der Waals surface area contributed by atoms with E-state index >= 15 is 0 Å². The van der Waals surface area contributed by atoms with E-state index in [9.17, 15) is 4.79 Å². The standard InChI is InChI=1S/C26H26N6O4/c1-32-9-7-20(31-32)18-11-16-8-10-36-15-17-5-4-6-23(28-17)30-24-13-21(19(14-27-24)26(33)35-3)29-22(12-16)25(18)34-2/h4-7,9,11-14,29H,8,10,15H2,1-3H3,(H,27,28,30). The fourth-order valence-corrected chi connectivity index (χ4v) is 4.07. The summed E-state index contributed by atoms with van der Waals surface area (Å²) >= 11 is 0. The molecule has 0 amide bonds. The topological polar surface area (TPSA) is 112 Å². The van der Waals surface area contributed by atoms with E-state index < -0.39 is 5.97 Å². The Morgan fingerprint density at radius 2 is 1.97 bits per heavy atom. The minimum Gasteiger partial charge on any atom is -0.494 e. The molecule has 10 nitrogen and oxygen atoms in total. The largest absolute Gasteiger partial charge is 0.494 e. The van der Waals surface area contributed by atoms with E-state index in [1.807, 2.05) is 49.6 Å². The third kappa shape index (κ3) is 4.84. The zero-order valence-electron chi connectivity index (χ0n) is 20.2. The maximum absolute atomic E-state index is 12.6. The minimum atomic E-state index is -0.511. The maximum atomic E-state index is 12.6. The molecule has 2 N–H and O–H groups in total. The molecule has 0 aliphatic carbocycles. The van der Waals surface area contributed by atoms with Gasteiger partial charge >= 0.3 is 5.97 Å². The molecule has 36 heavy (non-hydrogen) atoms. The van der Waals surface area contributed by atoms with Gasteiger partial charge in [-0.3, -0.25) is 4.68 Å². The quantitative estimate of drug-likeness (QED) is 0.411. The predicted octanol–water partition coefficient (Wildman–Crippen LogP) is 4.23. The van der Waals surface area contributed by atoms with Crippen LogP contribution in [-0.2, 0) is 29.5 Å². The molecule has 0 saturated carbocycles. The lowest BCUT2D eigenvalue weighted by atomic mass is 10.0. The highest BCUT2D eigenvalue weighted by molar-refractivity contribution is 5.97. The molecule has 0 atom stereocenters. The van der Waals surface area contributed by atoms with Crippen molar-refractivity contribution in [3.05, 3.63) is 71.7 Å². The third-order valence-corrected chi connectivity index (χ3v) is 5.77. The fourth-order valence-electron chi connectivity index (χ4n) is 4.07. The first-order valence-electron chi connectivity index (χ1n) is 11.4. The van der Waals surface area contributed by atoms with Gasteiger partial charge in [0.15, 0.2) is 5.75 Å². The van der Waals surface area contributed by atoms with Gasteiger partial charge in [0, 0.05) is 31.1 Å². The average Bonchev–Trinajstić information content (AvgIpc) is 3.32. The SMILES string of the molecule is COC(=O)c1cnc2cc1Nc1cc(cc(-c3ccn(C)n3)c1OC)CCOCc1cccc(n1)N2. The maximum Gasteiger partial charge on any atom is 0.341 e. The number of rotatable bonds is 3. The first-order chi connectivity index (χ1) is 17.5. The zero-order valence-corrected chi connectivity index (χ0v) is 20.2. The number of ether oxygens (including phenoxy) is 3. The second kappa shape index (κ2) is 10.0. The number of esters is 1. The third-order valence-electron chi connectivity index (χ3n) is 5.77. The number of anilines is 4. The molecule has 1 aliphatic heterocycles. The molecule has 6 bridgehead atoms. The van der Waals surface area contributed by atoms with Crippen molar-refractivity contribution in [2.24, 2.45) is 7.05 Å². The molecule has 0 unspecified atom stereocenters. The predicted molar refractivity (Wildman–Crippen MR) is 135 cm³/mol. The van der Waals surface area contributed by atoms with Crippen LogP contribution in [-0.4, -0.2) is 46.5 Å². The highest BCUT2D eigenvalue weighted by atomic mass is 16.5. The fraction of sp³-hybridized carbons (Fsp3) is 0.231. The summed E-state index contributed by atoms with van der Waals surface area (Å²) in [7, 11) is 4.81. The smallest absolute Gasteiger partial charge is 0.341 e. The Kier molecular flexibility index (Phi) is 6.50. The normalized spacial score (nSPS) is 13.0. The van der Waals surface area contributed by atoms with Gasteiger partial charge in [0.05, 0.1) is 50.2 Å². The number of benzene rings is 1. The van der Waals surface area contributed by atoms with Crippen molar-refractivity contribution in [1.29, 1.82) is 0 Å². The van der Waals surface area contributed by atoms with Crippen LogP contribution in [0.3, 0.4) is 0 Å². The Morgan fingerprint density at radius 3 is 2.75 bits per heavy atom. The van der Waals surface area contributed by atoms with Crippen molar-refractivity contribution in [3.63, 3.8) is 0 Å². The second-order valence-corrected chi connectivity index (χ2v) is 8.27. The van der Waals surface area contributed by atoms with E-state index in [-0.39, 0.29) is 5.56 Å². The molecule has 0 saturated heterocycles. The number of aryl methyl sites for hydroxylation is 1. The Balaban J connectivity index is 1.67. The first kappa shape index (κ1) is 23.3. The van der Waals surface area contributed by atoms with Crippen LogP contribution < -0.4 is 15.4 Å². The minimum absolute atomic E-state index is 0.282. The lowest BCUT2D eigenvalue weighted by molar-refractivity contribution is 0.0601. The molecule has 1 aliphatic rings. The molecule has 0 radical (unpaired) electrons. The van der Waals surface area contributed by atoms with Crippen molar-refractivity contribution in [2.75, 3.05) is 31.5 Å². The number of aromatic nitrogens is 4. The van der Waals surface area contributed by atoms with E-state index in [0.29, 0.717) is 48.4 Å². The zero-order chi connectivity index (χ0) is 25.1. The number of hydrogen-bond acceptors (Lipinski definition) is 9. The molecule has 4 heterocycles. The number of nitrogens with zero attached hydrogens (tertiary/aromatic N) is 4. The van der Waals surface area contributed by atoms with Gasteiger partial charge in [-0.25, -0.2) is 14.8 Å². The summed E-state index contributed by atoms with van der Waals surface area (Å²) in [5.74, 6) is 1.21. The lowest BCUT2D eigenvalue weighted by Gasteiger charge is -2.18. The van der Waals surface area contributed by atoms with Gasteiger partial charge in [0.25, 0.3) is 0 Å². The van der Waals surface area contributed by atoms with Crippen LogP contribution in [0.2, 0.25) is 0 Å². The summed E-state index contributed by atoms with van der Waals surface area (Å²) in [6, 6.07) is 13.4. The van der Waals surface area contributed by atoms with Crippen molar-refractivity contribution in [1.82, 2.24) is 19.7 Å². The molecule has 0 spiro atoms. The Morgan fingerprint density at radius 1 is 1.08 bits per heavy atom. The van der Waals surface area contributed by atoms with Crippen LogP contribution >= 0.6 is 0 Å². The average molecular weight is 487 g/mol.